The highest BCUT2D eigenvalue weighted by atomic mass is 35.5. The molecule has 174 valence electrons. The van der Waals surface area contributed by atoms with Crippen LogP contribution in [0.15, 0.2) is 34.3 Å². The third-order valence-electron chi connectivity index (χ3n) is 5.37. The van der Waals surface area contributed by atoms with Crippen molar-refractivity contribution in [1.29, 1.82) is 0 Å². The van der Waals surface area contributed by atoms with Gasteiger partial charge in [-0.3, -0.25) is 0 Å². The van der Waals surface area contributed by atoms with Gasteiger partial charge in [0, 0.05) is 41.4 Å². The lowest BCUT2D eigenvalue weighted by Crippen LogP contribution is -2.27. The van der Waals surface area contributed by atoms with E-state index in [0.717, 1.165) is 36.3 Å². The summed E-state index contributed by atoms with van der Waals surface area (Å²) in [7, 11) is 0. The van der Waals surface area contributed by atoms with Crippen molar-refractivity contribution in [3.8, 4) is 0 Å². The fraction of sp³-hybridized carbons (Fsp3) is 0.348. The van der Waals surface area contributed by atoms with Crippen LogP contribution >= 0.6 is 23.4 Å². The molecule has 1 saturated heterocycles. The molecule has 3 aromatic rings. The molecule has 10 heteroatoms. The monoisotopic (exact) mass is 489 g/mol. The van der Waals surface area contributed by atoms with Crippen molar-refractivity contribution in [2.45, 2.75) is 42.8 Å². The molecule has 1 aromatic carbocycles. The zero-order valence-electron chi connectivity index (χ0n) is 18.4. The molecular weight excluding hydrogens is 465 g/mol. The number of nitrogens with zero attached hydrogens (tertiary/aromatic N) is 3. The van der Waals surface area contributed by atoms with E-state index in [2.05, 4.69) is 14.9 Å². The maximum atomic E-state index is 14.6. The first-order chi connectivity index (χ1) is 15.9. The molecule has 3 heterocycles. The highest BCUT2D eigenvalue weighted by Gasteiger charge is 2.26. The smallest absolute Gasteiger partial charge is 0.330 e. The summed E-state index contributed by atoms with van der Waals surface area (Å²) in [4.78, 5) is 26.9. The van der Waals surface area contributed by atoms with E-state index in [1.165, 1.54) is 30.0 Å². The Balaban J connectivity index is 1.65. The van der Waals surface area contributed by atoms with E-state index in [4.69, 9.17) is 27.1 Å². The molecule has 3 N–H and O–H groups in total. The fourth-order valence-corrected chi connectivity index (χ4v) is 4.86. The zero-order valence-corrected chi connectivity index (χ0v) is 20.0. The van der Waals surface area contributed by atoms with Gasteiger partial charge in [0.15, 0.2) is 5.16 Å². The molecule has 33 heavy (non-hydrogen) atoms. The van der Waals surface area contributed by atoms with Gasteiger partial charge >= 0.3 is 5.97 Å². The molecule has 1 aliphatic rings. The van der Waals surface area contributed by atoms with Gasteiger partial charge in [0.05, 0.1) is 17.0 Å². The Hall–Kier alpha value is -2.62. The van der Waals surface area contributed by atoms with Crippen LogP contribution < -0.4 is 10.6 Å². The number of carbonyl (C=O) groups excluding carboxylic acids is 1. The lowest BCUT2D eigenvalue weighted by molar-refractivity contribution is -0.137. The molecule has 0 radical (unpaired) electrons. The van der Waals surface area contributed by atoms with Gasteiger partial charge in [-0.1, -0.05) is 24.6 Å². The predicted molar refractivity (Wildman–Crippen MR) is 129 cm³/mol. The molecule has 0 bridgehead atoms. The van der Waals surface area contributed by atoms with Crippen LogP contribution in [-0.2, 0) is 16.0 Å². The van der Waals surface area contributed by atoms with E-state index in [9.17, 15) is 9.18 Å². The van der Waals surface area contributed by atoms with Crippen molar-refractivity contribution in [2.75, 3.05) is 24.6 Å². The molecule has 4 rings (SSSR count). The molecule has 0 spiro atoms. The van der Waals surface area contributed by atoms with E-state index >= 15 is 0 Å². The van der Waals surface area contributed by atoms with E-state index in [1.54, 1.807) is 19.1 Å². The van der Waals surface area contributed by atoms with Crippen molar-refractivity contribution in [2.24, 2.45) is 5.73 Å². The van der Waals surface area contributed by atoms with E-state index in [1.807, 2.05) is 6.92 Å². The lowest BCUT2D eigenvalue weighted by atomic mass is 10.2. The van der Waals surface area contributed by atoms with Crippen LogP contribution in [-0.4, -0.2) is 46.7 Å². The van der Waals surface area contributed by atoms with Crippen LogP contribution in [0.2, 0.25) is 5.02 Å². The first-order valence-electron chi connectivity index (χ1n) is 10.8. The van der Waals surface area contributed by atoms with Crippen LogP contribution in [0.3, 0.4) is 0 Å². The van der Waals surface area contributed by atoms with Crippen LogP contribution in [0.5, 0.6) is 0 Å². The van der Waals surface area contributed by atoms with Crippen LogP contribution in [0.25, 0.3) is 17.1 Å². The molecule has 2 aromatic heterocycles. The first kappa shape index (κ1) is 23.5. The Bertz CT molecular complexity index is 1220. The Kier molecular flexibility index (Phi) is 7.21. The van der Waals surface area contributed by atoms with Gasteiger partial charge < -0.3 is 20.4 Å². The summed E-state index contributed by atoms with van der Waals surface area (Å²) in [5.74, 6) is -0.225. The number of nitrogens with one attached hydrogen (secondary N) is 1. The summed E-state index contributed by atoms with van der Waals surface area (Å²) in [5, 5.41) is 1.90. The van der Waals surface area contributed by atoms with Crippen LogP contribution in [0, 0.1) is 5.82 Å². The number of fused-ring (bicyclic) bond motifs is 1. The van der Waals surface area contributed by atoms with E-state index < -0.39 is 11.8 Å². The minimum Gasteiger partial charge on any atom is -0.463 e. The number of aromatic amines is 1. The number of anilines is 1. The van der Waals surface area contributed by atoms with Crippen LogP contribution in [0.4, 0.5) is 10.2 Å². The average Bonchev–Trinajstić information content (AvgIpc) is 3.36. The first-order valence-corrected chi connectivity index (χ1v) is 12.0. The molecule has 1 atom stereocenters. The van der Waals surface area contributed by atoms with Gasteiger partial charge in [0.1, 0.15) is 17.3 Å². The van der Waals surface area contributed by atoms with Gasteiger partial charge in [-0.15, -0.1) is 0 Å². The summed E-state index contributed by atoms with van der Waals surface area (Å²) in [6.07, 6.45) is 4.22. The van der Waals surface area contributed by atoms with Crippen molar-refractivity contribution < 1.29 is 13.9 Å². The summed E-state index contributed by atoms with van der Waals surface area (Å²) < 4.78 is 19.4. The molecule has 0 amide bonds. The topological polar surface area (TPSA) is 97.1 Å². The number of esters is 1. The highest BCUT2D eigenvalue weighted by Crippen LogP contribution is 2.37. The molecular formula is C23H25ClFN5O2S. The number of benzene rings is 1. The number of H-pyrrole nitrogens is 1. The molecule has 0 aliphatic carbocycles. The molecule has 1 aliphatic heterocycles. The normalized spacial score (nSPS) is 16.3. The Morgan fingerprint density at radius 2 is 2.24 bits per heavy atom. The molecule has 0 saturated carbocycles. The summed E-state index contributed by atoms with van der Waals surface area (Å²) in [6, 6.07) is 4.84. The SMILES string of the molecule is CCOC(=O)C=Cc1ccc(Sc2nc(N3CC[C@@H](N)C3)c3c(Cl)c(CC)[nH]c3n2)cc1F. The number of halogens is 2. The number of ether oxygens (including phenoxy) is 1. The van der Waals surface area contributed by atoms with Gasteiger partial charge in [-0.05, 0) is 49.7 Å². The number of nitrogens with two attached hydrogens (primary N) is 1. The highest BCUT2D eigenvalue weighted by molar-refractivity contribution is 7.99. The standard InChI is InChI=1S/C23H25ClFN5O2S/c1-3-17-20(24)19-21(27-17)28-23(29-22(19)30-10-9-14(26)12-30)33-15-7-5-13(16(25)11-15)6-8-18(31)32-4-2/h5-8,11,14H,3-4,9-10,12,26H2,1-2H3,(H,27,28,29)/t14-/m1/s1. The number of aryl methyl sites for hydroxylation is 1. The van der Waals surface area contributed by atoms with E-state index in [-0.39, 0.29) is 12.6 Å². The number of carbonyl (C=O) groups is 1. The number of hydrogen-bond donors (Lipinski definition) is 2. The van der Waals surface area contributed by atoms with E-state index in [0.29, 0.717) is 32.8 Å². The van der Waals surface area contributed by atoms with Crippen molar-refractivity contribution in [3.63, 3.8) is 0 Å². The van der Waals surface area contributed by atoms with Crippen molar-refractivity contribution in [1.82, 2.24) is 15.0 Å². The predicted octanol–water partition coefficient (Wildman–Crippen LogP) is 4.58. The summed E-state index contributed by atoms with van der Waals surface area (Å²) in [6.45, 7) is 5.48. The minimum absolute atomic E-state index is 0.0822. The number of hydrogen-bond acceptors (Lipinski definition) is 7. The average molecular weight is 490 g/mol. The maximum absolute atomic E-state index is 14.6. The second-order valence-electron chi connectivity index (χ2n) is 7.69. The molecule has 7 nitrogen and oxygen atoms in total. The quantitative estimate of drug-likeness (QED) is 0.285. The molecule has 0 unspecified atom stereocenters. The minimum atomic E-state index is -0.512. The van der Waals surface area contributed by atoms with Crippen molar-refractivity contribution >= 4 is 52.3 Å². The zero-order chi connectivity index (χ0) is 23.5. The second-order valence-corrected chi connectivity index (χ2v) is 9.11. The van der Waals surface area contributed by atoms with Gasteiger partial charge in [-0.2, -0.15) is 0 Å². The second kappa shape index (κ2) is 10.1. The summed E-state index contributed by atoms with van der Waals surface area (Å²) in [5.41, 5.74) is 7.96. The number of aromatic nitrogens is 3. The lowest BCUT2D eigenvalue weighted by Gasteiger charge is -2.18. The van der Waals surface area contributed by atoms with Crippen LogP contribution in [0.1, 0.15) is 31.5 Å². The Morgan fingerprint density at radius 3 is 2.91 bits per heavy atom. The largest absolute Gasteiger partial charge is 0.463 e. The summed E-state index contributed by atoms with van der Waals surface area (Å²) >= 11 is 7.89. The fourth-order valence-electron chi connectivity index (χ4n) is 3.73. The maximum Gasteiger partial charge on any atom is 0.330 e. The number of rotatable bonds is 7. The Morgan fingerprint density at radius 1 is 1.42 bits per heavy atom. The molecule has 1 fully saturated rings. The van der Waals surface area contributed by atoms with Crippen molar-refractivity contribution in [3.05, 3.63) is 46.4 Å². The van der Waals surface area contributed by atoms with Gasteiger partial charge in [0.2, 0.25) is 0 Å². The van der Waals surface area contributed by atoms with Gasteiger partial charge in [-0.25, -0.2) is 19.2 Å². The van der Waals surface area contributed by atoms with Gasteiger partial charge in [0.25, 0.3) is 0 Å². The third kappa shape index (κ3) is 5.15. The Labute approximate surface area is 200 Å². The third-order valence-corrected chi connectivity index (χ3v) is 6.64.